The Morgan fingerprint density at radius 1 is 1.26 bits per heavy atom. The normalized spacial score (nSPS) is 10.7. The van der Waals surface area contributed by atoms with Crippen molar-refractivity contribution >= 4 is 23.3 Å². The Morgan fingerprint density at radius 3 is 2.39 bits per heavy atom. The van der Waals surface area contributed by atoms with Crippen molar-refractivity contribution in [3.63, 3.8) is 0 Å². The third-order valence-electron chi connectivity index (χ3n) is 3.45. The Bertz CT molecular complexity index is 689. The molecule has 122 valence electrons. The third kappa shape index (κ3) is 4.42. The van der Waals surface area contributed by atoms with Gasteiger partial charge in [-0.15, -0.1) is 0 Å². The summed E-state index contributed by atoms with van der Waals surface area (Å²) < 4.78 is 4.89. The molecule has 2 aromatic rings. The van der Waals surface area contributed by atoms with Gasteiger partial charge in [0, 0.05) is 18.7 Å². The quantitative estimate of drug-likeness (QED) is 0.920. The largest absolute Gasteiger partial charge is 0.360 e. The van der Waals surface area contributed by atoms with Crippen molar-refractivity contribution in [1.29, 1.82) is 0 Å². The predicted molar refractivity (Wildman–Crippen MR) is 88.4 cm³/mol. The summed E-state index contributed by atoms with van der Waals surface area (Å²) >= 11 is 0. The molecule has 0 saturated heterocycles. The Labute approximate surface area is 135 Å². The van der Waals surface area contributed by atoms with Gasteiger partial charge >= 0.3 is 0 Å². The van der Waals surface area contributed by atoms with Crippen LogP contribution in [0.1, 0.15) is 38.0 Å². The highest BCUT2D eigenvalue weighted by atomic mass is 16.5. The minimum absolute atomic E-state index is 0.0811. The van der Waals surface area contributed by atoms with Gasteiger partial charge in [-0.2, -0.15) is 0 Å². The molecule has 1 aromatic carbocycles. The second kappa shape index (κ2) is 7.09. The minimum atomic E-state index is -0.332. The number of hydrogen-bond donors (Lipinski definition) is 1. The molecule has 1 N–H and O–H groups in total. The van der Waals surface area contributed by atoms with Gasteiger partial charge in [-0.1, -0.05) is 31.1 Å². The van der Waals surface area contributed by atoms with Crippen LogP contribution in [0, 0.1) is 6.92 Å². The molecule has 0 bridgehead atoms. The summed E-state index contributed by atoms with van der Waals surface area (Å²) in [6.07, 6.45) is 0. The number of amides is 2. The molecule has 0 fully saturated rings. The van der Waals surface area contributed by atoms with E-state index < -0.39 is 0 Å². The molecule has 1 aromatic heterocycles. The van der Waals surface area contributed by atoms with E-state index in [-0.39, 0.29) is 18.4 Å². The highest BCUT2D eigenvalue weighted by Crippen LogP contribution is 2.20. The summed E-state index contributed by atoms with van der Waals surface area (Å²) in [6.45, 7) is 7.29. The first-order valence-electron chi connectivity index (χ1n) is 7.48. The van der Waals surface area contributed by atoms with Crippen LogP contribution in [-0.2, 0) is 9.59 Å². The highest BCUT2D eigenvalue weighted by Gasteiger charge is 2.17. The summed E-state index contributed by atoms with van der Waals surface area (Å²) in [5.74, 6) is 0.822. The van der Waals surface area contributed by atoms with Gasteiger partial charge in [-0.3, -0.25) is 9.59 Å². The number of nitrogens with one attached hydrogen (secondary N) is 1. The number of rotatable bonds is 5. The maximum Gasteiger partial charge on any atom is 0.245 e. The first kappa shape index (κ1) is 16.7. The fraction of sp³-hybridized carbons (Fsp3) is 0.353. The molecular weight excluding hydrogens is 294 g/mol. The first-order valence-corrected chi connectivity index (χ1v) is 7.48. The number of anilines is 2. The van der Waals surface area contributed by atoms with Crippen LogP contribution in [0.2, 0.25) is 0 Å². The van der Waals surface area contributed by atoms with Crippen molar-refractivity contribution < 1.29 is 14.1 Å². The molecular formula is C17H21N3O3. The van der Waals surface area contributed by atoms with Crippen LogP contribution in [0.15, 0.2) is 34.9 Å². The van der Waals surface area contributed by atoms with Crippen LogP contribution in [0.25, 0.3) is 0 Å². The molecule has 0 unspecified atom stereocenters. The Kier molecular flexibility index (Phi) is 5.16. The summed E-state index contributed by atoms with van der Waals surface area (Å²) in [5.41, 5.74) is 1.87. The lowest BCUT2D eigenvalue weighted by molar-refractivity contribution is -0.120. The summed E-state index contributed by atoms with van der Waals surface area (Å²) in [5, 5.41) is 6.31. The number of nitrogens with zero attached hydrogens (tertiary/aromatic N) is 2. The number of benzene rings is 1. The Balaban J connectivity index is 2.09. The van der Waals surface area contributed by atoms with Gasteiger partial charge in [0.1, 0.15) is 12.3 Å². The number of hydrogen-bond acceptors (Lipinski definition) is 4. The average Bonchev–Trinajstić information content (AvgIpc) is 2.89. The molecule has 23 heavy (non-hydrogen) atoms. The third-order valence-corrected chi connectivity index (χ3v) is 3.45. The zero-order chi connectivity index (χ0) is 17.0. The second-order valence-corrected chi connectivity index (χ2v) is 5.72. The predicted octanol–water partition coefficient (Wildman–Crippen LogP) is 3.10. The Hall–Kier alpha value is -2.63. The first-order chi connectivity index (χ1) is 10.9. The fourth-order valence-corrected chi connectivity index (χ4v) is 2.17. The zero-order valence-corrected chi connectivity index (χ0v) is 13.8. The Morgan fingerprint density at radius 2 is 1.91 bits per heavy atom. The van der Waals surface area contributed by atoms with Gasteiger partial charge in [0.15, 0.2) is 5.82 Å². The fourth-order valence-electron chi connectivity index (χ4n) is 2.17. The molecule has 0 aliphatic rings. The molecule has 2 amide bonds. The van der Waals surface area contributed by atoms with Gasteiger partial charge in [-0.05, 0) is 30.5 Å². The van der Waals surface area contributed by atoms with E-state index in [0.29, 0.717) is 23.2 Å². The van der Waals surface area contributed by atoms with Gasteiger partial charge in [0.2, 0.25) is 11.8 Å². The molecule has 0 saturated carbocycles. The van der Waals surface area contributed by atoms with E-state index in [1.54, 1.807) is 13.0 Å². The van der Waals surface area contributed by atoms with Crippen LogP contribution < -0.4 is 10.2 Å². The highest BCUT2D eigenvalue weighted by molar-refractivity contribution is 6.01. The molecule has 6 heteroatoms. The lowest BCUT2D eigenvalue weighted by Crippen LogP contribution is -2.36. The van der Waals surface area contributed by atoms with E-state index in [1.165, 1.54) is 17.4 Å². The summed E-state index contributed by atoms with van der Waals surface area (Å²) in [7, 11) is 0. The van der Waals surface area contributed by atoms with Gasteiger partial charge < -0.3 is 14.7 Å². The van der Waals surface area contributed by atoms with Gasteiger partial charge in [0.25, 0.3) is 0 Å². The smallest absolute Gasteiger partial charge is 0.245 e. The van der Waals surface area contributed by atoms with Crippen LogP contribution in [0.3, 0.4) is 0 Å². The molecule has 0 spiro atoms. The van der Waals surface area contributed by atoms with Crippen LogP contribution in [0.5, 0.6) is 0 Å². The molecule has 2 rings (SSSR count). The van der Waals surface area contributed by atoms with Crippen molar-refractivity contribution in [1.82, 2.24) is 5.16 Å². The minimum Gasteiger partial charge on any atom is -0.360 e. The average molecular weight is 315 g/mol. The standard InChI is InChI=1S/C17H21N3O3/c1-11(2)14-5-7-15(8-6-14)20(13(4)21)10-17(22)18-16-9-12(3)23-19-16/h5-9,11H,10H2,1-4H3,(H,18,19,22). The van der Waals surface area contributed by atoms with Crippen LogP contribution >= 0.6 is 0 Å². The van der Waals surface area contributed by atoms with Gasteiger partial charge in [0.05, 0.1) is 0 Å². The van der Waals surface area contributed by atoms with Crippen molar-refractivity contribution in [3.8, 4) is 0 Å². The van der Waals surface area contributed by atoms with Crippen molar-refractivity contribution in [2.75, 3.05) is 16.8 Å². The van der Waals surface area contributed by atoms with E-state index in [0.717, 1.165) is 0 Å². The number of aryl methyl sites for hydroxylation is 1. The van der Waals surface area contributed by atoms with E-state index in [2.05, 4.69) is 24.3 Å². The van der Waals surface area contributed by atoms with Crippen molar-refractivity contribution in [2.24, 2.45) is 0 Å². The maximum atomic E-state index is 12.1. The summed E-state index contributed by atoms with van der Waals surface area (Å²) in [4.78, 5) is 25.4. The van der Waals surface area contributed by atoms with E-state index in [1.807, 2.05) is 24.3 Å². The van der Waals surface area contributed by atoms with E-state index in [4.69, 9.17) is 4.52 Å². The molecule has 0 aliphatic carbocycles. The SMILES string of the molecule is CC(=O)N(CC(=O)Nc1cc(C)on1)c1ccc(C(C)C)cc1. The number of aromatic nitrogens is 1. The van der Waals surface area contributed by atoms with Crippen LogP contribution in [-0.4, -0.2) is 23.5 Å². The maximum absolute atomic E-state index is 12.1. The summed E-state index contributed by atoms with van der Waals surface area (Å²) in [6, 6.07) is 9.26. The van der Waals surface area contributed by atoms with E-state index >= 15 is 0 Å². The molecule has 0 aliphatic heterocycles. The number of carbonyl (C=O) groups is 2. The molecule has 0 radical (unpaired) electrons. The molecule has 0 atom stereocenters. The van der Waals surface area contributed by atoms with E-state index in [9.17, 15) is 9.59 Å². The van der Waals surface area contributed by atoms with Gasteiger partial charge in [-0.25, -0.2) is 0 Å². The second-order valence-electron chi connectivity index (χ2n) is 5.72. The van der Waals surface area contributed by atoms with Crippen molar-refractivity contribution in [3.05, 3.63) is 41.7 Å². The lowest BCUT2D eigenvalue weighted by Gasteiger charge is -2.21. The van der Waals surface area contributed by atoms with Crippen molar-refractivity contribution in [2.45, 2.75) is 33.6 Å². The monoisotopic (exact) mass is 315 g/mol. The zero-order valence-electron chi connectivity index (χ0n) is 13.8. The topological polar surface area (TPSA) is 75.4 Å². The van der Waals surface area contributed by atoms with Crippen LogP contribution in [0.4, 0.5) is 11.5 Å². The molecule has 6 nitrogen and oxygen atoms in total. The number of carbonyl (C=O) groups excluding carboxylic acids is 2. The molecule has 1 heterocycles. The lowest BCUT2D eigenvalue weighted by atomic mass is 10.0.